The minimum Gasteiger partial charge on any atom is -0.497 e. The van der Waals surface area contributed by atoms with Crippen LogP contribution in [0.5, 0.6) is 5.75 Å². The van der Waals surface area contributed by atoms with Gasteiger partial charge in [-0.25, -0.2) is 0 Å². The van der Waals surface area contributed by atoms with E-state index >= 15 is 0 Å². The smallest absolute Gasteiger partial charge is 0.310 e. The van der Waals surface area contributed by atoms with Gasteiger partial charge in [-0.15, -0.1) is 0 Å². The number of carbonyl (C=O) groups excluding carboxylic acids is 3. The monoisotopic (exact) mass is 472 g/mol. The molecule has 1 heterocycles. The molecule has 0 saturated carbocycles. The fourth-order valence-electron chi connectivity index (χ4n) is 5.07. The van der Waals surface area contributed by atoms with Crippen molar-refractivity contribution in [2.45, 2.75) is 45.6 Å². The number of fused-ring (bicyclic) bond motifs is 1. The molecule has 34 heavy (non-hydrogen) atoms. The highest BCUT2D eigenvalue weighted by Crippen LogP contribution is 2.44. The number of amides is 2. The summed E-state index contributed by atoms with van der Waals surface area (Å²) in [5, 5.41) is 12.0. The zero-order valence-corrected chi connectivity index (χ0v) is 20.2. The molecule has 186 valence electrons. The van der Waals surface area contributed by atoms with Gasteiger partial charge in [-0.3, -0.25) is 14.4 Å². The van der Waals surface area contributed by atoms with E-state index in [1.165, 1.54) is 0 Å². The Kier molecular flexibility index (Phi) is 9.10. The molecule has 1 aromatic carbocycles. The third-order valence-corrected chi connectivity index (χ3v) is 6.77. The molecule has 0 unspecified atom stereocenters. The van der Waals surface area contributed by atoms with Crippen LogP contribution in [0.4, 0.5) is 5.69 Å². The lowest BCUT2D eigenvalue weighted by molar-refractivity contribution is -0.155. The number of nitrogens with zero attached hydrogens (tertiary/aromatic N) is 1. The Morgan fingerprint density at radius 3 is 2.44 bits per heavy atom. The van der Waals surface area contributed by atoms with Crippen molar-refractivity contribution < 1.29 is 29.0 Å². The van der Waals surface area contributed by atoms with Crippen LogP contribution < -0.4 is 10.1 Å². The number of likely N-dealkylation sites (tertiary alicyclic amines) is 1. The van der Waals surface area contributed by atoms with E-state index in [0.717, 1.165) is 19.3 Å². The van der Waals surface area contributed by atoms with E-state index < -0.39 is 23.8 Å². The van der Waals surface area contributed by atoms with Crippen LogP contribution in [0, 0.1) is 23.7 Å². The Balaban J connectivity index is 1.85. The minimum atomic E-state index is -0.710. The summed E-state index contributed by atoms with van der Waals surface area (Å²) in [5.41, 5.74) is 0.611. The summed E-state index contributed by atoms with van der Waals surface area (Å²) in [4.78, 5) is 41.5. The lowest BCUT2D eigenvalue weighted by Gasteiger charge is -2.32. The lowest BCUT2D eigenvalue weighted by atomic mass is 9.70. The van der Waals surface area contributed by atoms with Crippen molar-refractivity contribution in [3.8, 4) is 5.75 Å². The number of methoxy groups -OCH3 is 1. The first-order valence-corrected chi connectivity index (χ1v) is 12.1. The number of aliphatic hydroxyl groups is 1. The van der Waals surface area contributed by atoms with E-state index in [-0.39, 0.29) is 36.9 Å². The van der Waals surface area contributed by atoms with Gasteiger partial charge >= 0.3 is 5.97 Å². The van der Waals surface area contributed by atoms with E-state index in [2.05, 4.69) is 5.32 Å². The third kappa shape index (κ3) is 5.60. The maximum atomic E-state index is 13.6. The van der Waals surface area contributed by atoms with E-state index in [0.29, 0.717) is 24.4 Å². The summed E-state index contributed by atoms with van der Waals surface area (Å²) < 4.78 is 10.5. The predicted octanol–water partition coefficient (Wildman–Crippen LogP) is 3.01. The summed E-state index contributed by atoms with van der Waals surface area (Å²) in [5.74, 6) is -1.95. The highest BCUT2D eigenvalue weighted by molar-refractivity contribution is 6.01. The molecule has 0 aromatic heterocycles. The molecule has 2 amide bonds. The average Bonchev–Trinajstić information content (AvgIpc) is 3.11. The number of esters is 1. The molecule has 0 radical (unpaired) electrons. The molecular formula is C26H36N2O6. The second-order valence-corrected chi connectivity index (χ2v) is 8.96. The van der Waals surface area contributed by atoms with Crippen LogP contribution in [0.1, 0.15) is 39.5 Å². The lowest BCUT2D eigenvalue weighted by Crippen LogP contribution is -2.44. The van der Waals surface area contributed by atoms with Gasteiger partial charge in [-0.05, 0) is 49.9 Å². The summed E-state index contributed by atoms with van der Waals surface area (Å²) >= 11 is 0. The van der Waals surface area contributed by atoms with Gasteiger partial charge in [0.1, 0.15) is 11.8 Å². The van der Waals surface area contributed by atoms with Crippen molar-refractivity contribution in [3.63, 3.8) is 0 Å². The van der Waals surface area contributed by atoms with Crippen LogP contribution in [0.2, 0.25) is 0 Å². The van der Waals surface area contributed by atoms with E-state index in [1.54, 1.807) is 43.2 Å². The fraction of sp³-hybridized carbons (Fsp3) is 0.577. The molecule has 8 heteroatoms. The number of carbonyl (C=O) groups is 3. The van der Waals surface area contributed by atoms with Gasteiger partial charge in [-0.1, -0.05) is 31.9 Å². The number of hydrogen-bond donors (Lipinski definition) is 2. The number of ether oxygens (including phenoxy) is 2. The van der Waals surface area contributed by atoms with Gasteiger partial charge in [0.05, 0.1) is 25.6 Å². The van der Waals surface area contributed by atoms with Gasteiger partial charge in [-0.2, -0.15) is 0 Å². The summed E-state index contributed by atoms with van der Waals surface area (Å²) in [6.45, 7) is 4.47. The van der Waals surface area contributed by atoms with Gasteiger partial charge in [0.15, 0.2) is 0 Å². The summed E-state index contributed by atoms with van der Waals surface area (Å²) in [6.07, 6.45) is 6.99. The maximum absolute atomic E-state index is 13.6. The number of aliphatic hydroxyl groups excluding tert-OH is 1. The van der Waals surface area contributed by atoms with Gasteiger partial charge < -0.3 is 24.8 Å². The second kappa shape index (κ2) is 12.0. The van der Waals surface area contributed by atoms with E-state index in [1.807, 2.05) is 19.1 Å². The van der Waals surface area contributed by atoms with Crippen molar-refractivity contribution in [2.75, 3.05) is 32.2 Å². The van der Waals surface area contributed by atoms with Crippen molar-refractivity contribution in [1.29, 1.82) is 0 Å². The standard InChI is InChI=1S/C26H36N2O6/c1-4-34-26(32)21-17(2)9-14-20-22(21)25(31)28(15-7-5-6-8-16-29)23(20)24(30)27-18-10-12-19(33-3)13-11-18/h9-14,17,20-23,29H,4-8,15-16H2,1-3H3,(H,27,30)/t17-,20+,21-,22-,23+/m1/s1. The maximum Gasteiger partial charge on any atom is 0.310 e. The Labute approximate surface area is 201 Å². The molecule has 2 aliphatic rings. The highest BCUT2D eigenvalue weighted by Gasteiger charge is 2.56. The summed E-state index contributed by atoms with van der Waals surface area (Å²) in [7, 11) is 1.58. The van der Waals surface area contributed by atoms with E-state index in [4.69, 9.17) is 14.6 Å². The van der Waals surface area contributed by atoms with Gasteiger partial charge in [0, 0.05) is 24.8 Å². The van der Waals surface area contributed by atoms with Crippen molar-refractivity contribution >= 4 is 23.5 Å². The van der Waals surface area contributed by atoms with Crippen LogP contribution in [0.15, 0.2) is 36.4 Å². The van der Waals surface area contributed by atoms with Crippen molar-refractivity contribution in [2.24, 2.45) is 23.7 Å². The normalized spacial score (nSPS) is 25.7. The first kappa shape index (κ1) is 25.7. The summed E-state index contributed by atoms with van der Waals surface area (Å²) in [6, 6.07) is 6.32. The SMILES string of the molecule is CCOC(=O)[C@H]1[C@@H]2C(=O)N(CCCCCCO)[C@H](C(=O)Nc3ccc(OC)cc3)[C@H]2C=C[C@H]1C. The molecule has 1 saturated heterocycles. The van der Waals surface area contributed by atoms with Crippen LogP contribution >= 0.6 is 0 Å². The molecule has 0 bridgehead atoms. The van der Waals surface area contributed by atoms with E-state index in [9.17, 15) is 14.4 Å². The molecule has 2 N–H and O–H groups in total. The van der Waals surface area contributed by atoms with Gasteiger partial charge in [0.2, 0.25) is 11.8 Å². The average molecular weight is 473 g/mol. The van der Waals surface area contributed by atoms with Crippen LogP contribution in [0.3, 0.4) is 0 Å². The molecule has 0 spiro atoms. The zero-order chi connectivity index (χ0) is 24.7. The predicted molar refractivity (Wildman–Crippen MR) is 128 cm³/mol. The Morgan fingerprint density at radius 1 is 1.09 bits per heavy atom. The molecule has 1 fully saturated rings. The number of anilines is 1. The molecule has 8 nitrogen and oxygen atoms in total. The Bertz CT molecular complexity index is 884. The molecular weight excluding hydrogens is 436 g/mol. The third-order valence-electron chi connectivity index (χ3n) is 6.77. The number of allylic oxidation sites excluding steroid dienone is 1. The van der Waals surface area contributed by atoms with Crippen molar-refractivity contribution in [1.82, 2.24) is 4.90 Å². The number of hydrogen-bond acceptors (Lipinski definition) is 6. The fourth-order valence-corrected chi connectivity index (χ4v) is 5.07. The topological polar surface area (TPSA) is 105 Å². The number of unbranched alkanes of at least 4 members (excludes halogenated alkanes) is 3. The van der Waals surface area contributed by atoms with Crippen molar-refractivity contribution in [3.05, 3.63) is 36.4 Å². The first-order valence-electron chi connectivity index (χ1n) is 12.1. The van der Waals surface area contributed by atoms with Crippen LogP contribution in [0.25, 0.3) is 0 Å². The molecule has 1 aliphatic carbocycles. The molecule has 1 aromatic rings. The number of nitrogens with one attached hydrogen (secondary N) is 1. The minimum absolute atomic E-state index is 0.142. The Morgan fingerprint density at radius 2 is 1.79 bits per heavy atom. The van der Waals surface area contributed by atoms with Crippen LogP contribution in [-0.4, -0.2) is 60.7 Å². The molecule has 3 rings (SSSR count). The first-order chi connectivity index (χ1) is 16.4. The number of rotatable bonds is 11. The largest absolute Gasteiger partial charge is 0.497 e. The highest BCUT2D eigenvalue weighted by atomic mass is 16.5. The Hall–Kier alpha value is -2.87. The quantitative estimate of drug-likeness (QED) is 0.291. The molecule has 1 aliphatic heterocycles. The van der Waals surface area contributed by atoms with Gasteiger partial charge in [0.25, 0.3) is 0 Å². The zero-order valence-electron chi connectivity index (χ0n) is 20.2. The van der Waals surface area contributed by atoms with Crippen LogP contribution in [-0.2, 0) is 19.1 Å². The second-order valence-electron chi connectivity index (χ2n) is 8.96. The number of benzene rings is 1. The molecule has 5 atom stereocenters.